The van der Waals surface area contributed by atoms with Gasteiger partial charge in [0.1, 0.15) is 6.33 Å². The van der Waals surface area contributed by atoms with Crippen molar-refractivity contribution in [2.24, 2.45) is 7.05 Å². The van der Waals surface area contributed by atoms with Gasteiger partial charge in [0.25, 0.3) is 0 Å². The predicted molar refractivity (Wildman–Crippen MR) is 77.5 cm³/mol. The van der Waals surface area contributed by atoms with Gasteiger partial charge in [-0.15, -0.1) is 10.2 Å². The van der Waals surface area contributed by atoms with Gasteiger partial charge in [-0.2, -0.15) is 0 Å². The zero-order valence-corrected chi connectivity index (χ0v) is 12.4. The number of carbonyl (C=O) groups is 1. The highest BCUT2D eigenvalue weighted by Crippen LogP contribution is 2.34. The van der Waals surface area contributed by atoms with Gasteiger partial charge in [-0.3, -0.25) is 4.79 Å². The number of ether oxygens (including phenoxy) is 2. The standard InChI is InChI=1S/C13H14N4O3S/c1-8(21-13-16-14-6-17(13)2)12(18)15-9-3-4-10-11(5-9)20-7-19-10/h3-6,8H,7H2,1-2H3,(H,15,18). The van der Waals surface area contributed by atoms with Crippen LogP contribution in [0.4, 0.5) is 5.69 Å². The van der Waals surface area contributed by atoms with E-state index in [0.717, 1.165) is 0 Å². The molecule has 1 aromatic carbocycles. The van der Waals surface area contributed by atoms with Crippen molar-refractivity contribution >= 4 is 23.4 Å². The molecule has 0 bridgehead atoms. The Morgan fingerprint density at radius 1 is 1.43 bits per heavy atom. The average molecular weight is 306 g/mol. The molecule has 0 saturated heterocycles. The monoisotopic (exact) mass is 306 g/mol. The first kappa shape index (κ1) is 13.7. The van der Waals surface area contributed by atoms with Gasteiger partial charge in [-0.25, -0.2) is 0 Å². The number of nitrogens with one attached hydrogen (secondary N) is 1. The molecule has 2 aromatic rings. The molecular formula is C13H14N4O3S. The zero-order valence-electron chi connectivity index (χ0n) is 11.6. The molecule has 1 N–H and O–H groups in total. The maximum atomic E-state index is 12.2. The molecule has 0 aliphatic carbocycles. The summed E-state index contributed by atoms with van der Waals surface area (Å²) in [6.07, 6.45) is 1.60. The molecule has 3 rings (SSSR count). The minimum absolute atomic E-state index is 0.109. The van der Waals surface area contributed by atoms with Gasteiger partial charge in [-0.05, 0) is 19.1 Å². The van der Waals surface area contributed by atoms with Gasteiger partial charge in [0.2, 0.25) is 12.7 Å². The van der Waals surface area contributed by atoms with Crippen molar-refractivity contribution in [3.05, 3.63) is 24.5 Å². The first-order valence-electron chi connectivity index (χ1n) is 6.34. The SMILES string of the molecule is CC(Sc1nncn1C)C(=O)Nc1ccc2c(c1)OCO2. The van der Waals surface area contributed by atoms with Crippen LogP contribution in [0.5, 0.6) is 11.5 Å². The number of carbonyl (C=O) groups excluding carboxylic acids is 1. The van der Waals surface area contributed by atoms with Crippen LogP contribution in [0.1, 0.15) is 6.92 Å². The predicted octanol–water partition coefficient (Wildman–Crippen LogP) is 1.66. The van der Waals surface area contributed by atoms with Gasteiger partial charge in [-0.1, -0.05) is 11.8 Å². The summed E-state index contributed by atoms with van der Waals surface area (Å²) in [5.41, 5.74) is 0.676. The lowest BCUT2D eigenvalue weighted by Gasteiger charge is -2.11. The summed E-state index contributed by atoms with van der Waals surface area (Å²) in [4.78, 5) is 12.2. The van der Waals surface area contributed by atoms with E-state index in [1.54, 1.807) is 29.1 Å². The number of aryl methyl sites for hydroxylation is 1. The molecule has 1 aliphatic rings. The highest BCUT2D eigenvalue weighted by atomic mass is 32.2. The third-order valence-corrected chi connectivity index (χ3v) is 4.11. The number of hydrogen-bond acceptors (Lipinski definition) is 6. The van der Waals surface area contributed by atoms with Gasteiger partial charge < -0.3 is 19.4 Å². The third-order valence-electron chi connectivity index (χ3n) is 2.96. The van der Waals surface area contributed by atoms with Crippen LogP contribution in [-0.4, -0.2) is 32.7 Å². The normalized spacial score (nSPS) is 14.0. The summed E-state index contributed by atoms with van der Waals surface area (Å²) in [7, 11) is 1.84. The van der Waals surface area contributed by atoms with Crippen molar-refractivity contribution in [3.63, 3.8) is 0 Å². The molecule has 8 heteroatoms. The lowest BCUT2D eigenvalue weighted by molar-refractivity contribution is -0.115. The third kappa shape index (κ3) is 2.94. The van der Waals surface area contributed by atoms with Gasteiger partial charge in [0, 0.05) is 18.8 Å². The summed E-state index contributed by atoms with van der Waals surface area (Å²) in [6, 6.07) is 5.31. The summed E-state index contributed by atoms with van der Waals surface area (Å²) < 4.78 is 12.3. The Bertz CT molecular complexity index is 673. The average Bonchev–Trinajstić information content (AvgIpc) is 3.07. The molecule has 7 nitrogen and oxygen atoms in total. The Balaban J connectivity index is 1.64. The second-order valence-electron chi connectivity index (χ2n) is 4.54. The molecule has 0 spiro atoms. The molecule has 1 unspecified atom stereocenters. The number of hydrogen-bond donors (Lipinski definition) is 1. The molecule has 1 aromatic heterocycles. The summed E-state index contributed by atoms with van der Waals surface area (Å²) in [6.45, 7) is 2.03. The van der Waals surface area contributed by atoms with Crippen LogP contribution in [0.2, 0.25) is 0 Å². The van der Waals surface area contributed by atoms with Crippen molar-refractivity contribution in [2.45, 2.75) is 17.3 Å². The smallest absolute Gasteiger partial charge is 0.237 e. The Labute approximate surface area is 125 Å². The fraction of sp³-hybridized carbons (Fsp3) is 0.308. The minimum atomic E-state index is -0.293. The Morgan fingerprint density at radius 3 is 3.00 bits per heavy atom. The van der Waals surface area contributed by atoms with Crippen molar-refractivity contribution in [3.8, 4) is 11.5 Å². The first-order chi connectivity index (χ1) is 10.1. The van der Waals surface area contributed by atoms with Gasteiger partial charge >= 0.3 is 0 Å². The molecule has 0 radical (unpaired) electrons. The summed E-state index contributed by atoms with van der Waals surface area (Å²) >= 11 is 1.35. The maximum Gasteiger partial charge on any atom is 0.237 e. The molecule has 2 heterocycles. The molecular weight excluding hydrogens is 292 g/mol. The number of anilines is 1. The molecule has 0 saturated carbocycles. The van der Waals surface area contributed by atoms with Crippen LogP contribution in [0, 0.1) is 0 Å². The number of amides is 1. The van der Waals surface area contributed by atoms with Crippen molar-refractivity contribution < 1.29 is 14.3 Å². The van der Waals surface area contributed by atoms with E-state index in [-0.39, 0.29) is 18.0 Å². The van der Waals surface area contributed by atoms with E-state index in [9.17, 15) is 4.79 Å². The van der Waals surface area contributed by atoms with E-state index in [4.69, 9.17) is 9.47 Å². The number of rotatable bonds is 4. The van der Waals surface area contributed by atoms with Crippen molar-refractivity contribution in [2.75, 3.05) is 12.1 Å². The molecule has 0 fully saturated rings. The van der Waals surface area contributed by atoms with Crippen LogP contribution in [-0.2, 0) is 11.8 Å². The number of nitrogens with zero attached hydrogens (tertiary/aromatic N) is 3. The maximum absolute atomic E-state index is 12.2. The minimum Gasteiger partial charge on any atom is -0.454 e. The fourth-order valence-electron chi connectivity index (χ4n) is 1.81. The van der Waals surface area contributed by atoms with Crippen LogP contribution >= 0.6 is 11.8 Å². The highest BCUT2D eigenvalue weighted by molar-refractivity contribution is 8.00. The van der Waals surface area contributed by atoms with E-state index >= 15 is 0 Å². The largest absolute Gasteiger partial charge is 0.454 e. The molecule has 21 heavy (non-hydrogen) atoms. The second kappa shape index (κ2) is 5.65. The van der Waals surface area contributed by atoms with Crippen LogP contribution in [0.3, 0.4) is 0 Å². The lowest BCUT2D eigenvalue weighted by Crippen LogP contribution is -2.22. The Morgan fingerprint density at radius 2 is 2.24 bits per heavy atom. The summed E-state index contributed by atoms with van der Waals surface area (Å²) in [5, 5.41) is 11.0. The van der Waals surface area contributed by atoms with E-state index in [2.05, 4.69) is 15.5 Å². The van der Waals surface area contributed by atoms with Crippen LogP contribution in [0.25, 0.3) is 0 Å². The Hall–Kier alpha value is -2.22. The number of benzene rings is 1. The molecule has 1 amide bonds. The van der Waals surface area contributed by atoms with Crippen LogP contribution in [0.15, 0.2) is 29.7 Å². The molecule has 1 atom stereocenters. The number of fused-ring (bicyclic) bond motifs is 1. The lowest BCUT2D eigenvalue weighted by atomic mass is 10.2. The van der Waals surface area contributed by atoms with E-state index in [1.165, 1.54) is 11.8 Å². The number of thioether (sulfide) groups is 1. The van der Waals surface area contributed by atoms with Crippen molar-refractivity contribution in [1.82, 2.24) is 14.8 Å². The van der Waals surface area contributed by atoms with Crippen LogP contribution < -0.4 is 14.8 Å². The fourth-order valence-corrected chi connectivity index (χ4v) is 2.60. The van der Waals surface area contributed by atoms with E-state index < -0.39 is 0 Å². The van der Waals surface area contributed by atoms with Gasteiger partial charge in [0.05, 0.1) is 5.25 Å². The second-order valence-corrected chi connectivity index (χ2v) is 5.85. The van der Waals surface area contributed by atoms with Gasteiger partial charge in [0.15, 0.2) is 16.7 Å². The summed E-state index contributed by atoms with van der Waals surface area (Å²) in [5.74, 6) is 1.22. The highest BCUT2D eigenvalue weighted by Gasteiger charge is 2.19. The zero-order chi connectivity index (χ0) is 14.8. The Kier molecular flexibility index (Phi) is 3.70. The van der Waals surface area contributed by atoms with E-state index in [0.29, 0.717) is 22.3 Å². The van der Waals surface area contributed by atoms with E-state index in [1.807, 2.05) is 14.0 Å². The quantitative estimate of drug-likeness (QED) is 0.866. The molecule has 1 aliphatic heterocycles. The molecule has 110 valence electrons. The first-order valence-corrected chi connectivity index (χ1v) is 7.22. The topological polar surface area (TPSA) is 78.3 Å². The number of aromatic nitrogens is 3. The van der Waals surface area contributed by atoms with Crippen molar-refractivity contribution in [1.29, 1.82) is 0 Å².